The molecule has 0 aliphatic rings. The lowest BCUT2D eigenvalue weighted by molar-refractivity contribution is -0.136. The van der Waals surface area contributed by atoms with Gasteiger partial charge in [-0.2, -0.15) is 13.2 Å². The smallest absolute Gasteiger partial charge is 0.371 e. The number of alkyl halides is 3. The molecule has 0 aromatic heterocycles. The summed E-state index contributed by atoms with van der Waals surface area (Å²) in [5, 5.41) is 2.61. The van der Waals surface area contributed by atoms with E-state index in [1.807, 2.05) is 0 Å². The third-order valence-electron chi connectivity index (χ3n) is 1.91. The third-order valence-corrected chi connectivity index (χ3v) is 2.14. The van der Waals surface area contributed by atoms with E-state index in [2.05, 4.69) is 11.2 Å². The van der Waals surface area contributed by atoms with Crippen LogP contribution in [-0.2, 0) is 6.18 Å². The minimum Gasteiger partial charge on any atom is -0.371 e. The summed E-state index contributed by atoms with van der Waals surface area (Å²) >= 11 is 5.53. The first kappa shape index (κ1) is 12.7. The number of nitrogens with one attached hydrogen (secondary N) is 1. The van der Waals surface area contributed by atoms with Crippen LogP contribution in [0.15, 0.2) is 18.2 Å². The molecule has 0 amide bonds. The lowest BCUT2D eigenvalue weighted by Crippen LogP contribution is -2.17. The minimum absolute atomic E-state index is 0.0336. The molecule has 0 spiro atoms. The molecule has 1 rings (SSSR count). The van der Waals surface area contributed by atoms with Gasteiger partial charge in [-0.1, -0.05) is 17.5 Å². The molecular formula is C11H9ClF3N. The highest BCUT2D eigenvalue weighted by Gasteiger charge is 2.33. The number of hydrogen-bond acceptors (Lipinski definition) is 1. The van der Waals surface area contributed by atoms with Crippen molar-refractivity contribution in [3.63, 3.8) is 0 Å². The molecule has 0 saturated carbocycles. The fraction of sp³-hybridized carbons (Fsp3) is 0.273. The highest BCUT2D eigenvalue weighted by atomic mass is 35.5. The van der Waals surface area contributed by atoms with E-state index in [0.29, 0.717) is 0 Å². The summed E-state index contributed by atoms with van der Waals surface area (Å²) in [6.07, 6.45) is 0.632. The summed E-state index contributed by atoms with van der Waals surface area (Å²) in [5.74, 6) is 2.30. The van der Waals surface area contributed by atoms with Crippen LogP contribution in [0, 0.1) is 12.3 Å². The Bertz CT molecular complexity index is 420. The van der Waals surface area contributed by atoms with Crippen LogP contribution in [0.5, 0.6) is 0 Å². The topological polar surface area (TPSA) is 12.0 Å². The van der Waals surface area contributed by atoms with Gasteiger partial charge in [-0.3, -0.25) is 0 Å². The summed E-state index contributed by atoms with van der Waals surface area (Å²) < 4.78 is 37.9. The molecule has 1 aromatic carbocycles. The van der Waals surface area contributed by atoms with Crippen LogP contribution in [0.25, 0.3) is 0 Å². The summed E-state index contributed by atoms with van der Waals surface area (Å²) in [6, 6.07) is 3.02. The zero-order chi connectivity index (χ0) is 12.3. The Labute approximate surface area is 96.6 Å². The van der Waals surface area contributed by atoms with Crippen LogP contribution in [0.4, 0.5) is 18.9 Å². The quantitative estimate of drug-likeness (QED) is 0.784. The monoisotopic (exact) mass is 247 g/mol. The van der Waals surface area contributed by atoms with Crippen LogP contribution in [0.2, 0.25) is 5.02 Å². The van der Waals surface area contributed by atoms with E-state index < -0.39 is 17.8 Å². The SMILES string of the molecule is C#CC(C)Nc1ccc(Cl)cc1C(F)(F)F. The van der Waals surface area contributed by atoms with E-state index in [4.69, 9.17) is 18.0 Å². The van der Waals surface area contributed by atoms with Crippen LogP contribution in [-0.4, -0.2) is 6.04 Å². The lowest BCUT2D eigenvalue weighted by atomic mass is 10.1. The van der Waals surface area contributed by atoms with Crippen molar-refractivity contribution in [1.29, 1.82) is 0 Å². The molecule has 1 atom stereocenters. The van der Waals surface area contributed by atoms with E-state index in [0.717, 1.165) is 6.07 Å². The average molecular weight is 248 g/mol. The Morgan fingerprint density at radius 3 is 2.56 bits per heavy atom. The summed E-state index contributed by atoms with van der Waals surface area (Å²) in [7, 11) is 0. The highest BCUT2D eigenvalue weighted by Crippen LogP contribution is 2.36. The van der Waals surface area contributed by atoms with Crippen molar-refractivity contribution in [3.8, 4) is 12.3 Å². The van der Waals surface area contributed by atoms with Gasteiger partial charge in [-0.25, -0.2) is 0 Å². The van der Waals surface area contributed by atoms with Crippen LogP contribution < -0.4 is 5.32 Å². The Morgan fingerprint density at radius 2 is 2.06 bits per heavy atom. The summed E-state index contributed by atoms with van der Waals surface area (Å²) in [5.41, 5.74) is -0.885. The van der Waals surface area contributed by atoms with Crippen molar-refractivity contribution in [2.45, 2.75) is 19.1 Å². The van der Waals surface area contributed by atoms with Crippen molar-refractivity contribution in [3.05, 3.63) is 28.8 Å². The molecule has 0 radical (unpaired) electrons. The molecular weight excluding hydrogens is 239 g/mol. The molecule has 0 aliphatic carbocycles. The van der Waals surface area contributed by atoms with E-state index in [9.17, 15) is 13.2 Å². The molecule has 0 saturated heterocycles. The minimum atomic E-state index is -4.46. The fourth-order valence-corrected chi connectivity index (χ4v) is 1.32. The molecule has 16 heavy (non-hydrogen) atoms. The standard InChI is InChI=1S/C11H9ClF3N/c1-3-7(2)16-10-5-4-8(12)6-9(10)11(13,14)15/h1,4-7,16H,2H3. The van der Waals surface area contributed by atoms with Crippen molar-refractivity contribution in [2.75, 3.05) is 5.32 Å². The van der Waals surface area contributed by atoms with Gasteiger partial charge in [0.05, 0.1) is 11.6 Å². The van der Waals surface area contributed by atoms with Gasteiger partial charge in [0.25, 0.3) is 0 Å². The molecule has 1 nitrogen and oxygen atoms in total. The zero-order valence-electron chi connectivity index (χ0n) is 8.40. The molecule has 0 aliphatic heterocycles. The predicted octanol–water partition coefficient (Wildman–Crippen LogP) is 3.79. The Balaban J connectivity index is 3.14. The second-order valence-electron chi connectivity index (χ2n) is 3.22. The third kappa shape index (κ3) is 3.07. The second kappa shape index (κ2) is 4.67. The van der Waals surface area contributed by atoms with Crippen LogP contribution >= 0.6 is 11.6 Å². The summed E-state index contributed by atoms with van der Waals surface area (Å²) in [6.45, 7) is 1.59. The molecule has 5 heteroatoms. The van der Waals surface area contributed by atoms with E-state index in [1.54, 1.807) is 6.92 Å². The maximum Gasteiger partial charge on any atom is 0.418 e. The number of rotatable bonds is 2. The van der Waals surface area contributed by atoms with Crippen molar-refractivity contribution >= 4 is 17.3 Å². The van der Waals surface area contributed by atoms with Gasteiger partial charge in [-0.15, -0.1) is 6.42 Å². The number of halogens is 4. The lowest BCUT2D eigenvalue weighted by Gasteiger charge is -2.16. The second-order valence-corrected chi connectivity index (χ2v) is 3.66. The predicted molar refractivity (Wildman–Crippen MR) is 58.4 cm³/mol. The maximum absolute atomic E-state index is 12.6. The molecule has 0 fully saturated rings. The molecule has 0 bridgehead atoms. The van der Waals surface area contributed by atoms with Gasteiger partial charge < -0.3 is 5.32 Å². The number of terminal acetylenes is 1. The van der Waals surface area contributed by atoms with Crippen LogP contribution in [0.1, 0.15) is 12.5 Å². The van der Waals surface area contributed by atoms with E-state index >= 15 is 0 Å². The Morgan fingerprint density at radius 1 is 1.44 bits per heavy atom. The van der Waals surface area contributed by atoms with Gasteiger partial charge in [0, 0.05) is 10.7 Å². The van der Waals surface area contributed by atoms with Gasteiger partial charge in [0.1, 0.15) is 0 Å². The van der Waals surface area contributed by atoms with E-state index in [-0.39, 0.29) is 10.7 Å². The highest BCUT2D eigenvalue weighted by molar-refractivity contribution is 6.30. The van der Waals surface area contributed by atoms with Crippen molar-refractivity contribution in [1.82, 2.24) is 0 Å². The maximum atomic E-state index is 12.6. The van der Waals surface area contributed by atoms with Crippen molar-refractivity contribution in [2.24, 2.45) is 0 Å². The molecule has 1 unspecified atom stereocenters. The molecule has 86 valence electrons. The normalized spacial score (nSPS) is 13.0. The first-order valence-corrected chi connectivity index (χ1v) is 4.82. The molecule has 0 heterocycles. The number of anilines is 1. The summed E-state index contributed by atoms with van der Waals surface area (Å²) in [4.78, 5) is 0. The molecule has 1 N–H and O–H groups in total. The van der Waals surface area contributed by atoms with Gasteiger partial charge >= 0.3 is 6.18 Å². The van der Waals surface area contributed by atoms with Gasteiger partial charge in [0.2, 0.25) is 0 Å². The molecule has 1 aromatic rings. The van der Waals surface area contributed by atoms with Gasteiger partial charge in [-0.05, 0) is 25.1 Å². The van der Waals surface area contributed by atoms with E-state index in [1.165, 1.54) is 12.1 Å². The van der Waals surface area contributed by atoms with Gasteiger partial charge in [0.15, 0.2) is 0 Å². The first-order valence-electron chi connectivity index (χ1n) is 4.44. The first-order chi connectivity index (χ1) is 7.34. The largest absolute Gasteiger partial charge is 0.418 e. The average Bonchev–Trinajstić information content (AvgIpc) is 2.19. The Hall–Kier alpha value is -1.34. The van der Waals surface area contributed by atoms with Crippen LogP contribution in [0.3, 0.4) is 0 Å². The number of hydrogen-bond donors (Lipinski definition) is 1. The zero-order valence-corrected chi connectivity index (χ0v) is 9.15. The van der Waals surface area contributed by atoms with Crippen molar-refractivity contribution < 1.29 is 13.2 Å². The number of benzene rings is 1. The Kier molecular flexibility index (Phi) is 3.71. The fourth-order valence-electron chi connectivity index (χ4n) is 1.15.